The number of rotatable bonds is 81. The summed E-state index contributed by atoms with van der Waals surface area (Å²) in [5, 5.41) is 10.7. The molecule has 0 saturated carbocycles. The van der Waals surface area contributed by atoms with Gasteiger partial charge in [0.25, 0.3) is 0 Å². The van der Waals surface area contributed by atoms with Crippen molar-refractivity contribution in [2.24, 2.45) is 17.8 Å². The van der Waals surface area contributed by atoms with Crippen molar-refractivity contribution in [1.82, 2.24) is 0 Å². The summed E-state index contributed by atoms with van der Waals surface area (Å²) < 4.78 is 68.8. The Morgan fingerprint density at radius 2 is 0.451 bits per heavy atom. The first-order valence-electron chi connectivity index (χ1n) is 42.8. The molecule has 17 nitrogen and oxygen atoms in total. The predicted molar refractivity (Wildman–Crippen MR) is 418 cm³/mol. The highest BCUT2D eigenvalue weighted by Crippen LogP contribution is 2.45. The van der Waals surface area contributed by atoms with Crippen LogP contribution >= 0.6 is 15.6 Å². The Kier molecular flexibility index (Phi) is 71.8. The van der Waals surface area contributed by atoms with E-state index < -0.39 is 97.5 Å². The molecule has 0 spiro atoms. The Labute approximate surface area is 626 Å². The van der Waals surface area contributed by atoms with Crippen molar-refractivity contribution in [3.63, 3.8) is 0 Å². The van der Waals surface area contributed by atoms with Gasteiger partial charge in [-0.3, -0.25) is 37.3 Å². The van der Waals surface area contributed by atoms with E-state index in [9.17, 15) is 43.2 Å². The van der Waals surface area contributed by atoms with Crippen LogP contribution in [0.25, 0.3) is 0 Å². The normalized spacial score (nSPS) is 13.9. The monoisotopic (exact) mass is 1490 g/mol. The number of hydrogen-bond acceptors (Lipinski definition) is 15. The van der Waals surface area contributed by atoms with E-state index in [-0.39, 0.29) is 25.7 Å². The highest BCUT2D eigenvalue weighted by atomic mass is 31.2. The molecular weight excluding hydrogens is 1330 g/mol. The van der Waals surface area contributed by atoms with Crippen LogP contribution in [-0.2, 0) is 65.4 Å². The van der Waals surface area contributed by atoms with Gasteiger partial charge in [0, 0.05) is 25.7 Å². The highest BCUT2D eigenvalue weighted by Gasteiger charge is 2.30. The summed E-state index contributed by atoms with van der Waals surface area (Å²) in [6.45, 7) is 12.0. The van der Waals surface area contributed by atoms with Crippen molar-refractivity contribution in [1.29, 1.82) is 0 Å². The lowest BCUT2D eigenvalue weighted by Gasteiger charge is -2.21. The Bertz CT molecular complexity index is 1970. The minimum absolute atomic E-state index is 0.108. The maximum absolute atomic E-state index is 13.1. The van der Waals surface area contributed by atoms with Crippen LogP contribution in [0.2, 0.25) is 0 Å². The molecule has 0 aromatic heterocycles. The Balaban J connectivity index is 5.24. The molecule has 0 radical (unpaired) electrons. The maximum atomic E-state index is 13.1. The van der Waals surface area contributed by atoms with Crippen LogP contribution in [0.15, 0.2) is 0 Å². The number of aliphatic hydroxyl groups is 1. The van der Waals surface area contributed by atoms with Gasteiger partial charge in [0.05, 0.1) is 26.4 Å². The van der Waals surface area contributed by atoms with Crippen molar-refractivity contribution < 1.29 is 80.2 Å². The second-order valence-electron chi connectivity index (χ2n) is 31.3. The van der Waals surface area contributed by atoms with Crippen molar-refractivity contribution in [3.05, 3.63) is 0 Å². The third-order valence-corrected chi connectivity index (χ3v) is 21.3. The highest BCUT2D eigenvalue weighted by molar-refractivity contribution is 7.47. The number of carbonyl (C=O) groups is 4. The summed E-state index contributed by atoms with van der Waals surface area (Å²) in [6.07, 6.45) is 62.3. The fourth-order valence-corrected chi connectivity index (χ4v) is 14.4. The average molecular weight is 1490 g/mol. The van der Waals surface area contributed by atoms with E-state index in [0.29, 0.717) is 25.7 Å². The SMILES string of the molecule is CCCCCCCCCCCCC(=O)OC[C@H](COP(=O)(O)OC[C@H](O)COP(=O)(O)OC[C@@H](COC(=O)CCCCCCCCCCCCCCCCC(C)C)OC(=O)CCCCCCCCCCCCCCCCCC(C)C)OC(=O)CCCCCCCCCCCCCCCCC(C)C. The lowest BCUT2D eigenvalue weighted by Crippen LogP contribution is -2.30. The number of aliphatic hydroxyl groups excluding tert-OH is 1. The Morgan fingerprint density at radius 3 is 0.667 bits per heavy atom. The minimum Gasteiger partial charge on any atom is -0.462 e. The molecule has 0 fully saturated rings. The summed E-state index contributed by atoms with van der Waals surface area (Å²) >= 11 is 0. The number of phosphoric acid groups is 2. The van der Waals surface area contributed by atoms with E-state index in [1.807, 2.05) is 0 Å². The first-order chi connectivity index (χ1) is 49.2. The standard InChI is InChI=1S/C83H162O17P2/c1-8-9-10-11-12-13-36-43-50-57-64-80(85)93-70-78(99-83(88)67-60-53-46-39-32-26-20-18-23-29-35-42-49-56-63-76(6)7)72-97-101(89,90)95-68-77(84)69-96-102(91,92)98-73-79(71-94-81(86)65-58-51-44-37-30-24-19-17-22-28-34-41-48-55-62-75(4)5)100-82(87)66-59-52-45-38-31-25-16-14-15-21-27-33-40-47-54-61-74(2)3/h74-79,84H,8-73H2,1-7H3,(H,89,90)(H,91,92)/t77-,78+,79+/m0/s1. The van der Waals surface area contributed by atoms with E-state index in [4.69, 9.17) is 37.0 Å². The third kappa shape index (κ3) is 76.3. The number of phosphoric ester groups is 2. The van der Waals surface area contributed by atoms with Crippen LogP contribution in [0.4, 0.5) is 0 Å². The molecule has 0 heterocycles. The Morgan fingerprint density at radius 1 is 0.265 bits per heavy atom. The smallest absolute Gasteiger partial charge is 0.462 e. The van der Waals surface area contributed by atoms with Gasteiger partial charge in [-0.15, -0.1) is 0 Å². The molecule has 0 saturated heterocycles. The molecule has 0 aromatic carbocycles. The van der Waals surface area contributed by atoms with Gasteiger partial charge in [-0.2, -0.15) is 0 Å². The van der Waals surface area contributed by atoms with Gasteiger partial charge in [0.1, 0.15) is 19.3 Å². The van der Waals surface area contributed by atoms with Gasteiger partial charge in [-0.1, -0.05) is 382 Å². The van der Waals surface area contributed by atoms with Crippen molar-refractivity contribution in [2.45, 2.75) is 452 Å². The molecule has 0 amide bonds. The Hall–Kier alpha value is -1.94. The zero-order valence-electron chi connectivity index (χ0n) is 67.1. The molecule has 0 bridgehead atoms. The maximum Gasteiger partial charge on any atom is 0.472 e. The molecule has 606 valence electrons. The third-order valence-electron chi connectivity index (χ3n) is 19.4. The van der Waals surface area contributed by atoms with Crippen LogP contribution in [0.3, 0.4) is 0 Å². The van der Waals surface area contributed by atoms with E-state index >= 15 is 0 Å². The van der Waals surface area contributed by atoms with E-state index in [2.05, 4.69) is 48.5 Å². The molecule has 102 heavy (non-hydrogen) atoms. The van der Waals surface area contributed by atoms with Gasteiger partial charge in [-0.05, 0) is 43.4 Å². The summed E-state index contributed by atoms with van der Waals surface area (Å²) in [6, 6.07) is 0. The van der Waals surface area contributed by atoms with Crippen LogP contribution in [0.5, 0.6) is 0 Å². The first-order valence-corrected chi connectivity index (χ1v) is 45.8. The summed E-state index contributed by atoms with van der Waals surface area (Å²) in [5.41, 5.74) is 0. The van der Waals surface area contributed by atoms with Gasteiger partial charge in [0.15, 0.2) is 12.2 Å². The number of ether oxygens (including phenoxy) is 4. The largest absolute Gasteiger partial charge is 0.472 e. The molecule has 19 heteroatoms. The van der Waals surface area contributed by atoms with Crippen molar-refractivity contribution in [2.75, 3.05) is 39.6 Å². The quantitative estimate of drug-likeness (QED) is 0.0222. The lowest BCUT2D eigenvalue weighted by molar-refractivity contribution is -0.161. The molecule has 0 aromatic rings. The first kappa shape index (κ1) is 100. The molecule has 3 N–H and O–H groups in total. The lowest BCUT2D eigenvalue weighted by atomic mass is 10.0. The summed E-state index contributed by atoms with van der Waals surface area (Å²) in [4.78, 5) is 73.1. The summed E-state index contributed by atoms with van der Waals surface area (Å²) in [5.74, 6) is 0.290. The van der Waals surface area contributed by atoms with Gasteiger partial charge in [0.2, 0.25) is 0 Å². The average Bonchev–Trinajstić information content (AvgIpc) is 0.909. The van der Waals surface area contributed by atoms with Crippen LogP contribution < -0.4 is 0 Å². The van der Waals surface area contributed by atoms with Crippen molar-refractivity contribution >= 4 is 39.5 Å². The topological polar surface area (TPSA) is 237 Å². The van der Waals surface area contributed by atoms with Gasteiger partial charge >= 0.3 is 39.5 Å². The van der Waals surface area contributed by atoms with Crippen molar-refractivity contribution in [3.8, 4) is 0 Å². The fourth-order valence-electron chi connectivity index (χ4n) is 12.8. The fraction of sp³-hybridized carbons (Fsp3) is 0.952. The molecule has 0 aliphatic rings. The molecular formula is C83H162O17P2. The molecule has 0 rings (SSSR count). The molecule has 0 aliphatic heterocycles. The zero-order valence-corrected chi connectivity index (χ0v) is 68.9. The summed E-state index contributed by atoms with van der Waals surface area (Å²) in [7, 11) is -9.92. The molecule has 2 unspecified atom stereocenters. The molecule has 0 aliphatic carbocycles. The molecule has 5 atom stereocenters. The number of carbonyl (C=O) groups excluding carboxylic acids is 4. The zero-order chi connectivity index (χ0) is 75.1. The number of esters is 4. The van der Waals surface area contributed by atoms with Crippen LogP contribution in [0, 0.1) is 17.8 Å². The second kappa shape index (κ2) is 73.2. The van der Waals surface area contributed by atoms with Crippen LogP contribution in [0.1, 0.15) is 434 Å². The number of unbranched alkanes of at least 4 members (excludes halogenated alkanes) is 49. The van der Waals surface area contributed by atoms with E-state index in [0.717, 1.165) is 108 Å². The van der Waals surface area contributed by atoms with E-state index in [1.54, 1.807) is 0 Å². The second-order valence-corrected chi connectivity index (χ2v) is 34.2. The van der Waals surface area contributed by atoms with E-state index in [1.165, 1.54) is 244 Å². The minimum atomic E-state index is -4.96. The van der Waals surface area contributed by atoms with Crippen LogP contribution in [-0.4, -0.2) is 96.7 Å². The van der Waals surface area contributed by atoms with Gasteiger partial charge in [-0.25, -0.2) is 9.13 Å². The predicted octanol–water partition coefficient (Wildman–Crippen LogP) is 24.9. The number of hydrogen-bond donors (Lipinski definition) is 3. The van der Waals surface area contributed by atoms with Gasteiger partial charge < -0.3 is 33.8 Å².